The number of carbonyl (C=O) groups excluding carboxylic acids is 1. The van der Waals surface area contributed by atoms with Gasteiger partial charge in [-0.15, -0.1) is 0 Å². The second kappa shape index (κ2) is 7.75. The van der Waals surface area contributed by atoms with E-state index in [0.717, 1.165) is 11.3 Å². The highest BCUT2D eigenvalue weighted by atomic mass is 16.6. The van der Waals surface area contributed by atoms with E-state index in [9.17, 15) is 14.9 Å². The van der Waals surface area contributed by atoms with Crippen LogP contribution < -0.4 is 10.2 Å². The molecule has 0 saturated carbocycles. The van der Waals surface area contributed by atoms with Gasteiger partial charge in [0.1, 0.15) is 5.69 Å². The Labute approximate surface area is 167 Å². The number of hydrogen-bond acceptors (Lipinski definition) is 5. The second-order valence-electron chi connectivity index (χ2n) is 7.03. The number of benzene rings is 2. The maximum atomic E-state index is 12.5. The predicted molar refractivity (Wildman–Crippen MR) is 112 cm³/mol. The van der Waals surface area contributed by atoms with Crippen LogP contribution in [-0.4, -0.2) is 47.0 Å². The van der Waals surface area contributed by atoms with Crippen molar-refractivity contribution in [3.05, 3.63) is 70.4 Å². The van der Waals surface area contributed by atoms with Crippen molar-refractivity contribution in [2.75, 3.05) is 36.4 Å². The summed E-state index contributed by atoms with van der Waals surface area (Å²) in [5, 5.41) is 15.2. The number of carbonyl (C=O) groups is 1. The van der Waals surface area contributed by atoms with E-state index in [1.165, 1.54) is 0 Å². The van der Waals surface area contributed by atoms with Crippen molar-refractivity contribution in [1.82, 2.24) is 9.88 Å². The van der Waals surface area contributed by atoms with Crippen molar-refractivity contribution in [3.8, 4) is 0 Å². The van der Waals surface area contributed by atoms with E-state index in [1.54, 1.807) is 35.4 Å². The number of nitrogens with one attached hydrogen (secondary N) is 1. The normalized spacial score (nSPS) is 14.1. The molecule has 2 amide bonds. The Morgan fingerprint density at radius 1 is 1.07 bits per heavy atom. The quantitative estimate of drug-likeness (QED) is 0.541. The van der Waals surface area contributed by atoms with E-state index in [-0.39, 0.29) is 16.6 Å². The molecule has 0 spiro atoms. The number of pyridine rings is 1. The van der Waals surface area contributed by atoms with Crippen molar-refractivity contribution in [2.45, 2.75) is 6.92 Å². The molecule has 0 unspecified atom stereocenters. The van der Waals surface area contributed by atoms with Crippen LogP contribution in [0.15, 0.2) is 54.7 Å². The van der Waals surface area contributed by atoms with Crippen molar-refractivity contribution in [3.63, 3.8) is 0 Å². The van der Waals surface area contributed by atoms with Crippen molar-refractivity contribution in [1.29, 1.82) is 0 Å². The van der Waals surface area contributed by atoms with Crippen LogP contribution in [0, 0.1) is 17.0 Å². The molecule has 0 aliphatic carbocycles. The second-order valence-corrected chi connectivity index (χ2v) is 7.03. The van der Waals surface area contributed by atoms with Crippen LogP contribution >= 0.6 is 0 Å². The number of fused-ring (bicyclic) bond motifs is 1. The number of nitro benzene ring substituents is 1. The van der Waals surface area contributed by atoms with Gasteiger partial charge in [-0.2, -0.15) is 0 Å². The Bertz CT molecular complexity index is 1060. The fourth-order valence-electron chi connectivity index (χ4n) is 3.56. The van der Waals surface area contributed by atoms with Crippen LogP contribution in [0.25, 0.3) is 10.9 Å². The number of amides is 2. The molecule has 1 N–H and O–H groups in total. The van der Waals surface area contributed by atoms with Gasteiger partial charge in [-0.1, -0.05) is 17.7 Å². The topological polar surface area (TPSA) is 91.6 Å². The zero-order chi connectivity index (χ0) is 20.4. The first-order chi connectivity index (χ1) is 14.0. The van der Waals surface area contributed by atoms with Crippen molar-refractivity contribution >= 4 is 34.0 Å². The third-order valence-corrected chi connectivity index (χ3v) is 5.13. The minimum atomic E-state index is -0.351. The fourth-order valence-corrected chi connectivity index (χ4v) is 3.56. The van der Waals surface area contributed by atoms with Gasteiger partial charge in [0, 0.05) is 38.1 Å². The zero-order valence-electron chi connectivity index (χ0n) is 16.0. The van der Waals surface area contributed by atoms with Gasteiger partial charge in [0.25, 0.3) is 0 Å². The molecule has 3 aromatic rings. The molecule has 1 aliphatic heterocycles. The number of urea groups is 1. The Kier molecular flexibility index (Phi) is 4.99. The SMILES string of the molecule is Cc1ccc(NC(=O)N2CCN(c3ccc4ncccc4c3[N+](=O)[O-])CC2)cc1. The molecule has 8 heteroatoms. The maximum Gasteiger partial charge on any atom is 0.321 e. The third kappa shape index (κ3) is 3.82. The number of anilines is 2. The Hall–Kier alpha value is -3.68. The zero-order valence-corrected chi connectivity index (χ0v) is 16.0. The molecule has 1 aliphatic rings. The Morgan fingerprint density at radius 3 is 2.48 bits per heavy atom. The summed E-state index contributed by atoms with van der Waals surface area (Å²) in [6.07, 6.45) is 1.62. The maximum absolute atomic E-state index is 12.5. The van der Waals surface area contributed by atoms with Crippen LogP contribution in [-0.2, 0) is 0 Å². The fraction of sp³-hybridized carbons (Fsp3) is 0.238. The number of aromatic nitrogens is 1. The smallest absolute Gasteiger partial charge is 0.321 e. The van der Waals surface area contributed by atoms with E-state index in [1.807, 2.05) is 36.1 Å². The first-order valence-corrected chi connectivity index (χ1v) is 9.42. The van der Waals surface area contributed by atoms with Gasteiger partial charge < -0.3 is 15.1 Å². The summed E-state index contributed by atoms with van der Waals surface area (Å²) in [6, 6.07) is 14.4. The molecule has 0 radical (unpaired) electrons. The highest BCUT2D eigenvalue weighted by Crippen LogP contribution is 2.35. The summed E-state index contributed by atoms with van der Waals surface area (Å²) in [6.45, 7) is 4.01. The summed E-state index contributed by atoms with van der Waals surface area (Å²) in [4.78, 5) is 31.8. The van der Waals surface area contributed by atoms with Crippen LogP contribution in [0.4, 0.5) is 21.9 Å². The molecule has 0 atom stereocenters. The molecule has 1 aromatic heterocycles. The van der Waals surface area contributed by atoms with E-state index >= 15 is 0 Å². The Balaban J connectivity index is 1.48. The predicted octanol–water partition coefficient (Wildman–Crippen LogP) is 3.81. The van der Waals surface area contributed by atoms with Crippen LogP contribution in [0.3, 0.4) is 0 Å². The number of aryl methyl sites for hydroxylation is 1. The van der Waals surface area contributed by atoms with Gasteiger partial charge in [-0.25, -0.2) is 4.79 Å². The standard InChI is InChI=1S/C21H21N5O3/c1-15-4-6-16(7-5-15)23-21(27)25-13-11-24(12-14-25)19-9-8-18-17(3-2-10-22-18)20(19)26(28)29/h2-10H,11-14H2,1H3,(H,23,27). The summed E-state index contributed by atoms with van der Waals surface area (Å²) in [7, 11) is 0. The molecule has 8 nitrogen and oxygen atoms in total. The van der Waals surface area contributed by atoms with E-state index in [2.05, 4.69) is 10.3 Å². The summed E-state index contributed by atoms with van der Waals surface area (Å²) >= 11 is 0. The average Bonchev–Trinajstić information content (AvgIpc) is 2.74. The minimum absolute atomic E-state index is 0.0631. The molecular formula is C21H21N5O3. The van der Waals surface area contributed by atoms with E-state index in [4.69, 9.17) is 0 Å². The highest BCUT2D eigenvalue weighted by Gasteiger charge is 2.27. The molecule has 4 rings (SSSR count). The third-order valence-electron chi connectivity index (χ3n) is 5.13. The van der Waals surface area contributed by atoms with E-state index in [0.29, 0.717) is 42.8 Å². The van der Waals surface area contributed by atoms with Crippen LogP contribution in [0.5, 0.6) is 0 Å². The average molecular weight is 391 g/mol. The Morgan fingerprint density at radius 2 is 1.79 bits per heavy atom. The molecular weight excluding hydrogens is 370 g/mol. The number of nitro groups is 1. The summed E-state index contributed by atoms with van der Waals surface area (Å²) < 4.78 is 0. The number of hydrogen-bond donors (Lipinski definition) is 1. The van der Waals surface area contributed by atoms with Crippen LogP contribution in [0.1, 0.15) is 5.56 Å². The molecule has 1 fully saturated rings. The number of nitrogens with zero attached hydrogens (tertiary/aromatic N) is 4. The van der Waals surface area contributed by atoms with Gasteiger partial charge in [0.2, 0.25) is 0 Å². The van der Waals surface area contributed by atoms with Crippen molar-refractivity contribution < 1.29 is 9.72 Å². The first kappa shape index (κ1) is 18.7. The molecule has 29 heavy (non-hydrogen) atoms. The largest absolute Gasteiger partial charge is 0.362 e. The number of rotatable bonds is 3. The minimum Gasteiger partial charge on any atom is -0.362 e. The highest BCUT2D eigenvalue weighted by molar-refractivity contribution is 5.94. The first-order valence-electron chi connectivity index (χ1n) is 9.42. The lowest BCUT2D eigenvalue weighted by Crippen LogP contribution is -2.50. The molecule has 2 aromatic carbocycles. The molecule has 0 bridgehead atoms. The number of piperazine rings is 1. The van der Waals surface area contributed by atoms with Gasteiger partial charge in [0.15, 0.2) is 0 Å². The molecule has 1 saturated heterocycles. The summed E-state index contributed by atoms with van der Waals surface area (Å²) in [5.41, 5.74) is 3.10. The lowest BCUT2D eigenvalue weighted by Gasteiger charge is -2.35. The van der Waals surface area contributed by atoms with Gasteiger partial charge in [-0.05, 0) is 43.3 Å². The van der Waals surface area contributed by atoms with Gasteiger partial charge in [0.05, 0.1) is 15.8 Å². The molecule has 148 valence electrons. The van der Waals surface area contributed by atoms with Gasteiger partial charge in [-0.3, -0.25) is 15.1 Å². The lowest BCUT2D eigenvalue weighted by molar-refractivity contribution is -0.382. The summed E-state index contributed by atoms with van der Waals surface area (Å²) in [5.74, 6) is 0. The van der Waals surface area contributed by atoms with E-state index < -0.39 is 0 Å². The van der Waals surface area contributed by atoms with Crippen molar-refractivity contribution in [2.24, 2.45) is 0 Å². The van der Waals surface area contributed by atoms with Crippen LogP contribution in [0.2, 0.25) is 0 Å². The van der Waals surface area contributed by atoms with Gasteiger partial charge >= 0.3 is 11.7 Å². The monoisotopic (exact) mass is 391 g/mol. The lowest BCUT2D eigenvalue weighted by atomic mass is 10.1. The molecule has 2 heterocycles.